The number of carbonyl (C=O) groups is 1. The molecule has 1 aromatic carbocycles. The molecular weight excluding hydrogens is 270 g/mol. The zero-order chi connectivity index (χ0) is 15.1. The van der Waals surface area contributed by atoms with E-state index in [9.17, 15) is 4.79 Å². The monoisotopic (exact) mass is 293 g/mol. The van der Waals surface area contributed by atoms with Crippen molar-refractivity contribution in [3.63, 3.8) is 0 Å². The van der Waals surface area contributed by atoms with Crippen LogP contribution in [0.15, 0.2) is 24.3 Å². The third-order valence-corrected chi connectivity index (χ3v) is 3.54. The van der Waals surface area contributed by atoms with Crippen LogP contribution in [-0.4, -0.2) is 39.4 Å². The predicted octanol–water partition coefficient (Wildman–Crippen LogP) is 1.93. The third-order valence-electron chi connectivity index (χ3n) is 3.54. The summed E-state index contributed by atoms with van der Waals surface area (Å²) in [5, 5.41) is 3.04. The minimum Gasteiger partial charge on any atom is -0.494 e. The molecule has 0 spiro atoms. The van der Waals surface area contributed by atoms with Gasteiger partial charge in [-0.1, -0.05) is 12.1 Å². The van der Waals surface area contributed by atoms with Crippen molar-refractivity contribution < 1.29 is 19.0 Å². The summed E-state index contributed by atoms with van der Waals surface area (Å²) >= 11 is 0. The van der Waals surface area contributed by atoms with Gasteiger partial charge in [0.1, 0.15) is 5.75 Å². The third kappa shape index (κ3) is 4.44. The van der Waals surface area contributed by atoms with Gasteiger partial charge in [0.05, 0.1) is 31.8 Å². The molecule has 0 aliphatic carbocycles. The number of carbonyl (C=O) groups excluding carboxylic acids is 1. The quantitative estimate of drug-likeness (QED) is 0.834. The number of ether oxygens (including phenoxy) is 3. The van der Waals surface area contributed by atoms with Crippen molar-refractivity contribution in [3.8, 4) is 5.75 Å². The number of hydrogen-bond acceptors (Lipinski definition) is 4. The lowest BCUT2D eigenvalue weighted by Crippen LogP contribution is -2.36. The Morgan fingerprint density at radius 1 is 1.43 bits per heavy atom. The van der Waals surface area contributed by atoms with E-state index in [1.54, 1.807) is 7.11 Å². The Kier molecular flexibility index (Phi) is 6.02. The van der Waals surface area contributed by atoms with Crippen LogP contribution in [0.3, 0.4) is 0 Å². The fourth-order valence-electron chi connectivity index (χ4n) is 2.38. The van der Waals surface area contributed by atoms with Crippen molar-refractivity contribution in [2.45, 2.75) is 19.4 Å². The molecule has 1 aliphatic heterocycles. The van der Waals surface area contributed by atoms with Gasteiger partial charge in [0.15, 0.2) is 0 Å². The van der Waals surface area contributed by atoms with E-state index in [1.165, 1.54) is 0 Å². The van der Waals surface area contributed by atoms with Crippen molar-refractivity contribution in [2.24, 2.45) is 5.92 Å². The van der Waals surface area contributed by atoms with E-state index < -0.39 is 0 Å². The summed E-state index contributed by atoms with van der Waals surface area (Å²) in [6.45, 7) is 4.20. The maximum absolute atomic E-state index is 12.2. The molecule has 2 atom stereocenters. The summed E-state index contributed by atoms with van der Waals surface area (Å²) < 4.78 is 15.9. The number of methoxy groups -OCH3 is 1. The van der Waals surface area contributed by atoms with Crippen molar-refractivity contribution in [2.75, 3.05) is 33.5 Å². The highest BCUT2D eigenvalue weighted by atomic mass is 16.5. The maximum atomic E-state index is 12.2. The number of benzene rings is 1. The first kappa shape index (κ1) is 15.8. The zero-order valence-corrected chi connectivity index (χ0v) is 12.6. The van der Waals surface area contributed by atoms with Gasteiger partial charge in [-0.25, -0.2) is 0 Å². The first-order chi connectivity index (χ1) is 10.2. The van der Waals surface area contributed by atoms with Gasteiger partial charge in [0, 0.05) is 13.7 Å². The molecule has 1 fully saturated rings. The standard InChI is InChI=1S/C16H23NO4/c1-3-21-14-6-4-12(5-7-14)15(11-19-2)17-16(18)13-8-9-20-10-13/h4-7,13,15H,3,8-11H2,1-2H3,(H,17,18)/t13-,15+/m1/s1. The van der Waals surface area contributed by atoms with Crippen LogP contribution in [0.25, 0.3) is 0 Å². The van der Waals surface area contributed by atoms with Gasteiger partial charge in [-0.3, -0.25) is 4.79 Å². The van der Waals surface area contributed by atoms with E-state index in [4.69, 9.17) is 14.2 Å². The lowest BCUT2D eigenvalue weighted by Gasteiger charge is -2.20. The maximum Gasteiger partial charge on any atom is 0.226 e. The summed E-state index contributed by atoms with van der Waals surface area (Å²) in [4.78, 5) is 12.2. The molecule has 2 rings (SSSR count). The van der Waals surface area contributed by atoms with Crippen molar-refractivity contribution in [1.29, 1.82) is 0 Å². The SMILES string of the molecule is CCOc1ccc([C@H](COC)NC(=O)[C@@H]2CCOC2)cc1. The molecule has 116 valence electrons. The molecule has 1 aliphatic rings. The zero-order valence-electron chi connectivity index (χ0n) is 12.6. The van der Waals surface area contributed by atoms with E-state index >= 15 is 0 Å². The Labute approximate surface area is 125 Å². The highest BCUT2D eigenvalue weighted by Gasteiger charge is 2.26. The van der Waals surface area contributed by atoms with E-state index in [2.05, 4.69) is 5.32 Å². The molecular formula is C16H23NO4. The van der Waals surface area contributed by atoms with Gasteiger partial charge in [-0.15, -0.1) is 0 Å². The van der Waals surface area contributed by atoms with Gasteiger partial charge < -0.3 is 19.5 Å². The van der Waals surface area contributed by atoms with Crippen LogP contribution in [0.4, 0.5) is 0 Å². The summed E-state index contributed by atoms with van der Waals surface area (Å²) in [5.74, 6) is 0.809. The second-order valence-corrected chi connectivity index (χ2v) is 5.08. The largest absolute Gasteiger partial charge is 0.494 e. The highest BCUT2D eigenvalue weighted by Crippen LogP contribution is 2.20. The van der Waals surface area contributed by atoms with Gasteiger partial charge in [-0.05, 0) is 31.0 Å². The van der Waals surface area contributed by atoms with Crippen LogP contribution in [0.5, 0.6) is 5.75 Å². The number of hydrogen-bond donors (Lipinski definition) is 1. The minimum atomic E-state index is -0.154. The fraction of sp³-hybridized carbons (Fsp3) is 0.562. The molecule has 1 N–H and O–H groups in total. The number of amides is 1. The number of nitrogens with one attached hydrogen (secondary N) is 1. The van der Waals surface area contributed by atoms with Crippen molar-refractivity contribution >= 4 is 5.91 Å². The van der Waals surface area contributed by atoms with E-state index in [0.29, 0.717) is 26.4 Å². The molecule has 5 nitrogen and oxygen atoms in total. The predicted molar refractivity (Wildman–Crippen MR) is 79.3 cm³/mol. The van der Waals surface area contributed by atoms with Gasteiger partial charge in [0.2, 0.25) is 5.91 Å². The summed E-state index contributed by atoms with van der Waals surface area (Å²) in [6, 6.07) is 7.58. The topological polar surface area (TPSA) is 56.8 Å². The lowest BCUT2D eigenvalue weighted by atomic mass is 10.0. The lowest BCUT2D eigenvalue weighted by molar-refractivity contribution is -0.126. The Hall–Kier alpha value is -1.59. The fourth-order valence-corrected chi connectivity index (χ4v) is 2.38. The first-order valence-corrected chi connectivity index (χ1v) is 7.34. The Morgan fingerprint density at radius 3 is 2.76 bits per heavy atom. The summed E-state index contributed by atoms with van der Waals surface area (Å²) in [7, 11) is 1.63. The highest BCUT2D eigenvalue weighted by molar-refractivity contribution is 5.79. The average molecular weight is 293 g/mol. The second kappa shape index (κ2) is 8.00. The molecule has 1 heterocycles. The van der Waals surface area contributed by atoms with Gasteiger partial charge >= 0.3 is 0 Å². The van der Waals surface area contributed by atoms with Crippen LogP contribution in [0.2, 0.25) is 0 Å². The van der Waals surface area contributed by atoms with Gasteiger partial charge in [-0.2, -0.15) is 0 Å². The smallest absolute Gasteiger partial charge is 0.226 e. The Balaban J connectivity index is 2.01. The molecule has 5 heteroatoms. The van der Waals surface area contributed by atoms with Crippen LogP contribution in [-0.2, 0) is 14.3 Å². The van der Waals surface area contributed by atoms with Crippen molar-refractivity contribution in [3.05, 3.63) is 29.8 Å². The van der Waals surface area contributed by atoms with E-state index in [1.807, 2.05) is 31.2 Å². The minimum absolute atomic E-state index is 0.0310. The summed E-state index contributed by atoms with van der Waals surface area (Å²) in [5.41, 5.74) is 1.01. The molecule has 21 heavy (non-hydrogen) atoms. The van der Waals surface area contributed by atoms with Crippen LogP contribution in [0, 0.1) is 5.92 Å². The Morgan fingerprint density at radius 2 is 2.19 bits per heavy atom. The number of rotatable bonds is 7. The summed E-state index contributed by atoms with van der Waals surface area (Å²) in [6.07, 6.45) is 0.787. The normalized spacial score (nSPS) is 19.2. The molecule has 0 aromatic heterocycles. The molecule has 0 radical (unpaired) electrons. The van der Waals surface area contributed by atoms with E-state index in [0.717, 1.165) is 17.7 Å². The van der Waals surface area contributed by atoms with Crippen LogP contribution < -0.4 is 10.1 Å². The molecule has 1 amide bonds. The Bertz CT molecular complexity index is 440. The van der Waals surface area contributed by atoms with Crippen molar-refractivity contribution in [1.82, 2.24) is 5.32 Å². The molecule has 0 bridgehead atoms. The second-order valence-electron chi connectivity index (χ2n) is 5.08. The molecule has 1 saturated heterocycles. The molecule has 0 saturated carbocycles. The van der Waals surface area contributed by atoms with Gasteiger partial charge in [0.25, 0.3) is 0 Å². The first-order valence-electron chi connectivity index (χ1n) is 7.34. The van der Waals surface area contributed by atoms with Crippen LogP contribution in [0.1, 0.15) is 24.9 Å². The van der Waals surface area contributed by atoms with E-state index in [-0.39, 0.29) is 17.9 Å². The molecule has 1 aromatic rings. The average Bonchev–Trinajstić information content (AvgIpc) is 3.02. The van der Waals surface area contributed by atoms with Crippen LogP contribution >= 0.6 is 0 Å². The molecule has 0 unspecified atom stereocenters.